The lowest BCUT2D eigenvalue weighted by atomic mass is 10.0. The molecule has 0 aromatic heterocycles. The number of hydrogen-bond donors (Lipinski definition) is 0. The minimum absolute atomic E-state index is 0.260. The maximum Gasteiger partial charge on any atom is 0.0888 e. The van der Waals surface area contributed by atoms with Gasteiger partial charge in [-0.25, -0.2) is 0 Å². The van der Waals surface area contributed by atoms with Gasteiger partial charge in [0.1, 0.15) is 0 Å². The first-order valence-corrected chi connectivity index (χ1v) is 4.80. The average molecular weight is 166 g/mol. The molecule has 1 rings (SSSR count). The van der Waals surface area contributed by atoms with Gasteiger partial charge in [0, 0.05) is 6.42 Å². The highest BCUT2D eigenvalue weighted by molar-refractivity contribution is 4.94. The monoisotopic (exact) mass is 166 g/mol. The molecule has 1 aliphatic heterocycles. The van der Waals surface area contributed by atoms with Crippen LogP contribution in [0.2, 0.25) is 0 Å². The molecule has 0 aliphatic carbocycles. The van der Waals surface area contributed by atoms with E-state index in [9.17, 15) is 0 Å². The molecule has 1 heteroatoms. The van der Waals surface area contributed by atoms with Gasteiger partial charge in [0.25, 0.3) is 0 Å². The zero-order valence-corrected chi connectivity index (χ0v) is 8.15. The first-order chi connectivity index (χ1) is 5.77. The average Bonchev–Trinajstić information content (AvgIpc) is 2.77. The van der Waals surface area contributed by atoms with Crippen molar-refractivity contribution in [3.63, 3.8) is 0 Å². The third-order valence-electron chi connectivity index (χ3n) is 2.32. The van der Waals surface area contributed by atoms with Crippen LogP contribution in [0.5, 0.6) is 0 Å². The van der Waals surface area contributed by atoms with Crippen molar-refractivity contribution >= 4 is 0 Å². The molecule has 1 fully saturated rings. The Morgan fingerprint density at radius 3 is 2.67 bits per heavy atom. The van der Waals surface area contributed by atoms with Gasteiger partial charge in [0.15, 0.2) is 0 Å². The molecule has 68 valence electrons. The summed E-state index contributed by atoms with van der Waals surface area (Å²) in [6.07, 6.45) is 6.13. The Hall–Kier alpha value is -0.480. The number of unbranched alkanes of at least 4 members (excludes halogenated alkanes) is 3. The van der Waals surface area contributed by atoms with Crippen LogP contribution in [0.15, 0.2) is 0 Å². The maximum absolute atomic E-state index is 5.30. The van der Waals surface area contributed by atoms with Crippen LogP contribution < -0.4 is 0 Å². The molecular formula is C11H18O. The van der Waals surface area contributed by atoms with Crippen LogP contribution in [-0.2, 0) is 4.74 Å². The molecule has 1 saturated heterocycles. The van der Waals surface area contributed by atoms with Gasteiger partial charge in [-0.3, -0.25) is 0 Å². The van der Waals surface area contributed by atoms with Crippen LogP contribution in [0.3, 0.4) is 0 Å². The molecular weight excluding hydrogens is 148 g/mol. The first-order valence-electron chi connectivity index (χ1n) is 4.80. The third-order valence-corrected chi connectivity index (χ3v) is 2.32. The van der Waals surface area contributed by atoms with Crippen molar-refractivity contribution in [1.82, 2.24) is 0 Å². The Labute approximate surface area is 75.5 Å². The Kier molecular flexibility index (Phi) is 3.62. The second kappa shape index (κ2) is 4.52. The van der Waals surface area contributed by atoms with Gasteiger partial charge >= 0.3 is 0 Å². The summed E-state index contributed by atoms with van der Waals surface area (Å²) >= 11 is 0. The summed E-state index contributed by atoms with van der Waals surface area (Å²) in [5.74, 6) is 5.99. The highest BCUT2D eigenvalue weighted by Crippen LogP contribution is 2.31. The van der Waals surface area contributed by atoms with Gasteiger partial charge in [-0.15, -0.1) is 11.8 Å². The van der Waals surface area contributed by atoms with E-state index in [4.69, 9.17) is 4.74 Å². The van der Waals surface area contributed by atoms with E-state index in [1.54, 1.807) is 0 Å². The lowest BCUT2D eigenvalue weighted by Crippen LogP contribution is -2.02. The van der Waals surface area contributed by atoms with Crippen LogP contribution in [0.4, 0.5) is 0 Å². The Bertz CT molecular complexity index is 181. The molecule has 1 aliphatic rings. The minimum atomic E-state index is 0.260. The molecule has 0 aromatic rings. The fraction of sp³-hybridized carbons (Fsp3) is 0.818. The van der Waals surface area contributed by atoms with Crippen molar-refractivity contribution in [3.8, 4) is 11.8 Å². The van der Waals surface area contributed by atoms with Gasteiger partial charge in [-0.2, -0.15) is 0 Å². The van der Waals surface area contributed by atoms with E-state index in [2.05, 4.69) is 18.8 Å². The molecule has 0 bridgehead atoms. The van der Waals surface area contributed by atoms with Crippen molar-refractivity contribution < 1.29 is 4.74 Å². The standard InChI is InChI=1S/C11H18O/c1-3-4-5-6-7-8-9-11(2)10-12-11/h5-10H2,1-2H3/t11-/m1/s1. The largest absolute Gasteiger partial charge is 0.370 e. The minimum Gasteiger partial charge on any atom is -0.370 e. The zero-order chi connectivity index (χ0) is 8.86. The van der Waals surface area contributed by atoms with Gasteiger partial charge in [-0.1, -0.05) is 12.8 Å². The number of epoxide rings is 1. The molecule has 1 nitrogen and oxygen atoms in total. The summed E-state index contributed by atoms with van der Waals surface area (Å²) < 4.78 is 5.30. The van der Waals surface area contributed by atoms with E-state index in [-0.39, 0.29) is 5.60 Å². The summed E-state index contributed by atoms with van der Waals surface area (Å²) in [7, 11) is 0. The van der Waals surface area contributed by atoms with E-state index in [1.807, 2.05) is 6.92 Å². The predicted molar refractivity (Wildman–Crippen MR) is 50.9 cm³/mol. The van der Waals surface area contributed by atoms with Gasteiger partial charge in [-0.05, 0) is 26.7 Å². The Morgan fingerprint density at radius 2 is 2.08 bits per heavy atom. The van der Waals surface area contributed by atoms with E-state index in [0.717, 1.165) is 13.0 Å². The number of hydrogen-bond acceptors (Lipinski definition) is 1. The molecule has 0 N–H and O–H groups in total. The van der Waals surface area contributed by atoms with E-state index < -0.39 is 0 Å². The Balaban J connectivity index is 1.85. The number of ether oxygens (including phenoxy) is 1. The highest BCUT2D eigenvalue weighted by Gasteiger charge is 2.37. The van der Waals surface area contributed by atoms with Gasteiger partial charge in [0.05, 0.1) is 12.2 Å². The smallest absolute Gasteiger partial charge is 0.0888 e. The summed E-state index contributed by atoms with van der Waals surface area (Å²) in [6.45, 7) is 5.07. The van der Waals surface area contributed by atoms with Crippen LogP contribution >= 0.6 is 0 Å². The van der Waals surface area contributed by atoms with E-state index >= 15 is 0 Å². The molecule has 0 unspecified atom stereocenters. The SMILES string of the molecule is CC#CCCCCC[C@]1(C)CO1. The predicted octanol–water partition coefficient (Wildman–Crippen LogP) is 2.75. The van der Waals surface area contributed by atoms with E-state index in [0.29, 0.717) is 0 Å². The van der Waals surface area contributed by atoms with Crippen LogP contribution in [0, 0.1) is 11.8 Å². The molecule has 0 spiro atoms. The lowest BCUT2D eigenvalue weighted by molar-refractivity contribution is 0.301. The second-order valence-corrected chi connectivity index (χ2v) is 3.73. The summed E-state index contributed by atoms with van der Waals surface area (Å²) in [5.41, 5.74) is 0.260. The van der Waals surface area contributed by atoms with Crippen molar-refractivity contribution in [2.75, 3.05) is 6.61 Å². The topological polar surface area (TPSA) is 12.5 Å². The fourth-order valence-electron chi connectivity index (χ4n) is 1.28. The number of rotatable bonds is 5. The van der Waals surface area contributed by atoms with Gasteiger partial charge < -0.3 is 4.74 Å². The third kappa shape index (κ3) is 3.78. The molecule has 0 saturated carbocycles. The molecule has 0 amide bonds. The summed E-state index contributed by atoms with van der Waals surface area (Å²) in [5, 5.41) is 0. The second-order valence-electron chi connectivity index (χ2n) is 3.73. The van der Waals surface area contributed by atoms with Crippen molar-refractivity contribution in [1.29, 1.82) is 0 Å². The maximum atomic E-state index is 5.30. The first kappa shape index (κ1) is 9.61. The molecule has 1 atom stereocenters. The highest BCUT2D eigenvalue weighted by atomic mass is 16.6. The molecule has 0 aromatic carbocycles. The molecule has 0 radical (unpaired) electrons. The fourth-order valence-corrected chi connectivity index (χ4v) is 1.28. The zero-order valence-electron chi connectivity index (χ0n) is 8.15. The summed E-state index contributed by atoms with van der Waals surface area (Å²) in [6, 6.07) is 0. The van der Waals surface area contributed by atoms with Crippen molar-refractivity contribution in [3.05, 3.63) is 0 Å². The summed E-state index contributed by atoms with van der Waals surface area (Å²) in [4.78, 5) is 0. The van der Waals surface area contributed by atoms with Gasteiger partial charge in [0.2, 0.25) is 0 Å². The molecule has 12 heavy (non-hydrogen) atoms. The van der Waals surface area contributed by atoms with E-state index in [1.165, 1.54) is 25.7 Å². The molecule has 1 heterocycles. The van der Waals surface area contributed by atoms with Crippen LogP contribution in [-0.4, -0.2) is 12.2 Å². The van der Waals surface area contributed by atoms with Crippen LogP contribution in [0.1, 0.15) is 46.0 Å². The van der Waals surface area contributed by atoms with Crippen molar-refractivity contribution in [2.45, 2.75) is 51.6 Å². The quantitative estimate of drug-likeness (QED) is 0.347. The lowest BCUT2D eigenvalue weighted by Gasteiger charge is -2.02. The van der Waals surface area contributed by atoms with Crippen LogP contribution in [0.25, 0.3) is 0 Å². The Morgan fingerprint density at radius 1 is 1.33 bits per heavy atom. The van der Waals surface area contributed by atoms with Crippen molar-refractivity contribution in [2.24, 2.45) is 0 Å². The normalized spacial score (nSPS) is 26.2.